The van der Waals surface area contributed by atoms with Gasteiger partial charge in [-0.1, -0.05) is 12.1 Å². The first-order valence-electron chi connectivity index (χ1n) is 5.79. The Hall–Kier alpha value is -1.74. The van der Waals surface area contributed by atoms with Gasteiger partial charge in [0.2, 0.25) is 0 Å². The zero-order valence-electron chi connectivity index (χ0n) is 10.2. The number of nitrogens with one attached hydrogen (secondary N) is 2. The Kier molecular flexibility index (Phi) is 3.83. The van der Waals surface area contributed by atoms with Gasteiger partial charge in [-0.2, -0.15) is 0 Å². The van der Waals surface area contributed by atoms with Crippen LogP contribution in [-0.4, -0.2) is 12.1 Å². The van der Waals surface area contributed by atoms with Crippen molar-refractivity contribution in [1.29, 1.82) is 0 Å². The van der Waals surface area contributed by atoms with E-state index in [1.54, 1.807) is 7.11 Å². The van der Waals surface area contributed by atoms with Crippen molar-refractivity contribution < 1.29 is 4.74 Å². The van der Waals surface area contributed by atoms with Crippen molar-refractivity contribution in [2.75, 3.05) is 7.11 Å². The number of aromatic amines is 1. The smallest absolute Gasteiger partial charge is 0.118 e. The summed E-state index contributed by atoms with van der Waals surface area (Å²) in [5, 5.41) is 3.47. The van der Waals surface area contributed by atoms with Gasteiger partial charge in [-0.05, 0) is 36.8 Å². The fraction of sp³-hybridized carbons (Fsp3) is 0.286. The number of aromatic nitrogens is 1. The van der Waals surface area contributed by atoms with E-state index >= 15 is 0 Å². The van der Waals surface area contributed by atoms with Crippen LogP contribution in [0, 0.1) is 0 Å². The van der Waals surface area contributed by atoms with Gasteiger partial charge in [-0.15, -0.1) is 0 Å². The summed E-state index contributed by atoms with van der Waals surface area (Å²) >= 11 is 0. The van der Waals surface area contributed by atoms with Crippen molar-refractivity contribution in [3.8, 4) is 5.75 Å². The lowest BCUT2D eigenvalue weighted by molar-refractivity contribution is 0.414. The molecule has 2 aromatic rings. The topological polar surface area (TPSA) is 37.0 Å². The molecule has 1 atom stereocenters. The van der Waals surface area contributed by atoms with E-state index in [0.717, 1.165) is 12.3 Å². The number of ether oxygens (including phenoxy) is 1. The van der Waals surface area contributed by atoms with E-state index in [0.29, 0.717) is 6.04 Å². The van der Waals surface area contributed by atoms with E-state index < -0.39 is 0 Å². The lowest BCUT2D eigenvalue weighted by atomic mass is 10.1. The van der Waals surface area contributed by atoms with Gasteiger partial charge in [0, 0.05) is 24.5 Å². The molecule has 0 aliphatic heterocycles. The quantitative estimate of drug-likeness (QED) is 0.828. The van der Waals surface area contributed by atoms with Crippen LogP contribution in [0.3, 0.4) is 0 Å². The first kappa shape index (κ1) is 11.7. The van der Waals surface area contributed by atoms with Crippen molar-refractivity contribution >= 4 is 0 Å². The van der Waals surface area contributed by atoms with Gasteiger partial charge in [0.05, 0.1) is 7.11 Å². The molecule has 3 nitrogen and oxygen atoms in total. The molecule has 0 fully saturated rings. The highest BCUT2D eigenvalue weighted by molar-refractivity contribution is 5.28. The number of hydrogen-bond donors (Lipinski definition) is 2. The summed E-state index contributed by atoms with van der Waals surface area (Å²) in [7, 11) is 1.68. The molecule has 0 radical (unpaired) electrons. The highest BCUT2D eigenvalue weighted by atomic mass is 16.5. The summed E-state index contributed by atoms with van der Waals surface area (Å²) in [6, 6.07) is 12.6. The SMILES string of the molecule is COc1ccc(C(C)NCc2ccc[nH]2)cc1. The Balaban J connectivity index is 1.92. The molecule has 0 saturated heterocycles. The highest BCUT2D eigenvalue weighted by Crippen LogP contribution is 2.17. The molecule has 1 aromatic heterocycles. The summed E-state index contributed by atoms with van der Waals surface area (Å²) in [5.41, 5.74) is 2.46. The maximum absolute atomic E-state index is 5.14. The second-order valence-corrected chi connectivity index (χ2v) is 4.07. The van der Waals surface area contributed by atoms with E-state index in [9.17, 15) is 0 Å². The van der Waals surface area contributed by atoms with Gasteiger partial charge < -0.3 is 15.0 Å². The average Bonchev–Trinajstić information content (AvgIpc) is 2.89. The first-order valence-corrected chi connectivity index (χ1v) is 5.79. The molecule has 3 heteroatoms. The lowest BCUT2D eigenvalue weighted by Gasteiger charge is -2.14. The standard InChI is InChI=1S/C14H18N2O/c1-11(16-10-13-4-3-9-15-13)12-5-7-14(17-2)8-6-12/h3-9,11,15-16H,10H2,1-2H3. The van der Waals surface area contributed by atoms with Crippen molar-refractivity contribution in [2.24, 2.45) is 0 Å². The minimum Gasteiger partial charge on any atom is -0.497 e. The Labute approximate surface area is 102 Å². The Bertz CT molecular complexity index is 434. The Morgan fingerprint density at radius 1 is 1.24 bits per heavy atom. The number of rotatable bonds is 5. The normalized spacial score (nSPS) is 12.4. The number of hydrogen-bond acceptors (Lipinski definition) is 2. The molecular weight excluding hydrogens is 212 g/mol. The third-order valence-electron chi connectivity index (χ3n) is 2.88. The van der Waals surface area contributed by atoms with Gasteiger partial charge in [0.15, 0.2) is 0 Å². The van der Waals surface area contributed by atoms with Crippen LogP contribution in [-0.2, 0) is 6.54 Å². The Morgan fingerprint density at radius 3 is 2.59 bits per heavy atom. The van der Waals surface area contributed by atoms with E-state index in [2.05, 4.69) is 35.4 Å². The number of H-pyrrole nitrogens is 1. The van der Waals surface area contributed by atoms with Crippen LogP contribution in [0.15, 0.2) is 42.6 Å². The van der Waals surface area contributed by atoms with E-state index in [1.807, 2.05) is 24.4 Å². The molecule has 90 valence electrons. The number of benzene rings is 1. The average molecular weight is 230 g/mol. The second kappa shape index (κ2) is 5.55. The van der Waals surface area contributed by atoms with Gasteiger partial charge in [-0.25, -0.2) is 0 Å². The summed E-state index contributed by atoms with van der Waals surface area (Å²) in [5.74, 6) is 0.894. The monoisotopic (exact) mass is 230 g/mol. The van der Waals surface area contributed by atoms with Crippen LogP contribution in [0.25, 0.3) is 0 Å². The van der Waals surface area contributed by atoms with Gasteiger partial charge >= 0.3 is 0 Å². The predicted molar refractivity (Wildman–Crippen MR) is 69.0 cm³/mol. The molecule has 1 unspecified atom stereocenters. The molecule has 2 N–H and O–H groups in total. The molecule has 0 bridgehead atoms. The zero-order valence-corrected chi connectivity index (χ0v) is 10.2. The molecule has 0 amide bonds. The summed E-state index contributed by atoms with van der Waals surface area (Å²) in [4.78, 5) is 3.18. The second-order valence-electron chi connectivity index (χ2n) is 4.07. The van der Waals surface area contributed by atoms with E-state index in [-0.39, 0.29) is 0 Å². The predicted octanol–water partition coefficient (Wildman–Crippen LogP) is 2.87. The molecule has 0 aliphatic rings. The minimum absolute atomic E-state index is 0.323. The zero-order chi connectivity index (χ0) is 12.1. The fourth-order valence-corrected chi connectivity index (χ4v) is 1.75. The molecule has 2 rings (SSSR count). The van der Waals surface area contributed by atoms with E-state index in [1.165, 1.54) is 11.3 Å². The largest absolute Gasteiger partial charge is 0.497 e. The molecule has 1 aromatic carbocycles. The minimum atomic E-state index is 0.323. The van der Waals surface area contributed by atoms with E-state index in [4.69, 9.17) is 4.74 Å². The van der Waals surface area contributed by atoms with Crippen molar-refractivity contribution in [3.05, 3.63) is 53.9 Å². The van der Waals surface area contributed by atoms with Gasteiger partial charge in [0.25, 0.3) is 0 Å². The molecule has 0 aliphatic carbocycles. The van der Waals surface area contributed by atoms with Crippen LogP contribution in [0.4, 0.5) is 0 Å². The van der Waals surface area contributed by atoms with Crippen molar-refractivity contribution in [2.45, 2.75) is 19.5 Å². The fourth-order valence-electron chi connectivity index (χ4n) is 1.75. The van der Waals surface area contributed by atoms with Crippen LogP contribution < -0.4 is 10.1 Å². The van der Waals surface area contributed by atoms with Gasteiger partial charge in [-0.3, -0.25) is 0 Å². The van der Waals surface area contributed by atoms with Crippen LogP contribution in [0.2, 0.25) is 0 Å². The third kappa shape index (κ3) is 3.11. The van der Waals surface area contributed by atoms with Crippen molar-refractivity contribution in [1.82, 2.24) is 10.3 Å². The number of methoxy groups -OCH3 is 1. The van der Waals surface area contributed by atoms with Gasteiger partial charge in [0.1, 0.15) is 5.75 Å². The molecule has 17 heavy (non-hydrogen) atoms. The molecule has 0 spiro atoms. The molecule has 1 heterocycles. The molecular formula is C14H18N2O. The van der Waals surface area contributed by atoms with Crippen LogP contribution >= 0.6 is 0 Å². The van der Waals surface area contributed by atoms with Crippen LogP contribution in [0.5, 0.6) is 5.75 Å². The first-order chi connectivity index (χ1) is 8.29. The van der Waals surface area contributed by atoms with Crippen LogP contribution in [0.1, 0.15) is 24.2 Å². The summed E-state index contributed by atoms with van der Waals surface area (Å²) in [6.45, 7) is 3.00. The summed E-state index contributed by atoms with van der Waals surface area (Å²) < 4.78 is 5.14. The Morgan fingerprint density at radius 2 is 2.00 bits per heavy atom. The maximum Gasteiger partial charge on any atom is 0.118 e. The maximum atomic E-state index is 5.14. The third-order valence-corrected chi connectivity index (χ3v) is 2.88. The highest BCUT2D eigenvalue weighted by Gasteiger charge is 2.04. The summed E-state index contributed by atoms with van der Waals surface area (Å²) in [6.07, 6.45) is 1.94. The van der Waals surface area contributed by atoms with Crippen molar-refractivity contribution in [3.63, 3.8) is 0 Å². The lowest BCUT2D eigenvalue weighted by Crippen LogP contribution is -2.18. The molecule has 0 saturated carbocycles.